The van der Waals surface area contributed by atoms with Gasteiger partial charge in [-0.1, -0.05) is 0 Å². The quantitative estimate of drug-likeness (QED) is 0.891. The second kappa shape index (κ2) is 6.67. The van der Waals surface area contributed by atoms with Crippen molar-refractivity contribution in [3.8, 4) is 0 Å². The molecule has 0 spiro atoms. The second-order valence-corrected chi connectivity index (χ2v) is 5.21. The maximum atomic E-state index is 13.8. The minimum absolute atomic E-state index is 0.0834. The molecule has 21 heavy (non-hydrogen) atoms. The van der Waals surface area contributed by atoms with Crippen molar-refractivity contribution in [3.05, 3.63) is 35.1 Å². The minimum Gasteiger partial charge on any atom is -0.478 e. The molecule has 1 unspecified atom stereocenters. The summed E-state index contributed by atoms with van der Waals surface area (Å²) in [5.41, 5.74) is -0.319. The lowest BCUT2D eigenvalue weighted by molar-refractivity contribution is 0.0537. The molecule has 0 aliphatic carbocycles. The van der Waals surface area contributed by atoms with Crippen molar-refractivity contribution in [3.63, 3.8) is 0 Å². The lowest BCUT2D eigenvalue weighted by atomic mass is 9.92. The van der Waals surface area contributed by atoms with Gasteiger partial charge in [0.15, 0.2) is 0 Å². The van der Waals surface area contributed by atoms with E-state index in [9.17, 15) is 14.0 Å². The Labute approximate surface area is 122 Å². The van der Waals surface area contributed by atoms with E-state index in [1.807, 2.05) is 6.92 Å². The molecule has 1 atom stereocenters. The summed E-state index contributed by atoms with van der Waals surface area (Å²) in [5.74, 6) is -2.27. The van der Waals surface area contributed by atoms with E-state index in [-0.39, 0.29) is 17.2 Å². The van der Waals surface area contributed by atoms with Gasteiger partial charge in [-0.05, 0) is 43.9 Å². The number of ether oxygens (including phenoxy) is 1. The van der Waals surface area contributed by atoms with Crippen molar-refractivity contribution in [1.29, 1.82) is 0 Å². The average molecular weight is 295 g/mol. The number of carboxylic acid groups (broad SMARTS) is 1. The zero-order valence-electron chi connectivity index (χ0n) is 11.8. The van der Waals surface area contributed by atoms with Crippen LogP contribution in [-0.4, -0.2) is 36.2 Å². The van der Waals surface area contributed by atoms with Crippen molar-refractivity contribution < 1.29 is 23.8 Å². The summed E-state index contributed by atoms with van der Waals surface area (Å²) in [7, 11) is 0. The summed E-state index contributed by atoms with van der Waals surface area (Å²) < 4.78 is 19.1. The van der Waals surface area contributed by atoms with Crippen LogP contribution in [-0.2, 0) is 4.74 Å². The van der Waals surface area contributed by atoms with Crippen LogP contribution in [0.5, 0.6) is 0 Å². The highest BCUT2D eigenvalue weighted by molar-refractivity contribution is 5.96. The number of rotatable bonds is 4. The van der Waals surface area contributed by atoms with E-state index in [1.54, 1.807) is 0 Å². The Balaban J connectivity index is 2.04. The van der Waals surface area contributed by atoms with Gasteiger partial charge in [0, 0.05) is 19.3 Å². The number of nitrogens with one attached hydrogen (secondary N) is 1. The van der Waals surface area contributed by atoms with E-state index in [0.717, 1.165) is 18.9 Å². The van der Waals surface area contributed by atoms with Crippen LogP contribution < -0.4 is 5.32 Å². The van der Waals surface area contributed by atoms with E-state index in [2.05, 4.69) is 5.32 Å². The predicted octanol–water partition coefficient (Wildman–Crippen LogP) is 2.07. The number of hydrogen-bond acceptors (Lipinski definition) is 3. The molecular formula is C15H18FNO4. The van der Waals surface area contributed by atoms with Crippen LogP contribution in [0, 0.1) is 11.7 Å². The average Bonchev–Trinajstić information content (AvgIpc) is 2.47. The first kappa shape index (κ1) is 15.4. The molecule has 6 heteroatoms. The summed E-state index contributed by atoms with van der Waals surface area (Å²) >= 11 is 0. The van der Waals surface area contributed by atoms with Gasteiger partial charge >= 0.3 is 5.97 Å². The van der Waals surface area contributed by atoms with Crippen LogP contribution in [0.4, 0.5) is 4.39 Å². The molecule has 2 N–H and O–H groups in total. The van der Waals surface area contributed by atoms with E-state index in [1.165, 1.54) is 12.1 Å². The van der Waals surface area contributed by atoms with Crippen molar-refractivity contribution in [1.82, 2.24) is 5.32 Å². The summed E-state index contributed by atoms with van der Waals surface area (Å²) in [4.78, 5) is 22.8. The van der Waals surface area contributed by atoms with Crippen LogP contribution >= 0.6 is 0 Å². The fraction of sp³-hybridized carbons (Fsp3) is 0.467. The highest BCUT2D eigenvalue weighted by atomic mass is 19.1. The van der Waals surface area contributed by atoms with Gasteiger partial charge in [-0.15, -0.1) is 0 Å². The largest absolute Gasteiger partial charge is 0.478 e. The molecule has 0 radical (unpaired) electrons. The molecule has 1 aromatic carbocycles. The lowest BCUT2D eigenvalue weighted by Crippen LogP contribution is -2.40. The second-order valence-electron chi connectivity index (χ2n) is 5.21. The van der Waals surface area contributed by atoms with Crippen molar-refractivity contribution in [2.45, 2.75) is 25.8 Å². The molecule has 1 amide bonds. The third-order valence-corrected chi connectivity index (χ3v) is 3.79. The fourth-order valence-electron chi connectivity index (χ4n) is 2.45. The molecular weight excluding hydrogens is 277 g/mol. The molecule has 0 aromatic heterocycles. The Hall–Kier alpha value is -1.95. The molecule has 1 aliphatic rings. The molecule has 1 saturated heterocycles. The van der Waals surface area contributed by atoms with Crippen LogP contribution in [0.25, 0.3) is 0 Å². The van der Waals surface area contributed by atoms with Gasteiger partial charge < -0.3 is 15.2 Å². The van der Waals surface area contributed by atoms with Gasteiger partial charge in [0.25, 0.3) is 5.91 Å². The molecule has 1 heterocycles. The molecule has 0 bridgehead atoms. The van der Waals surface area contributed by atoms with Gasteiger partial charge in [-0.3, -0.25) is 4.79 Å². The summed E-state index contributed by atoms with van der Waals surface area (Å²) in [5, 5.41) is 11.5. The standard InChI is InChI=1S/C15H18FNO4/c1-9(10-4-6-21-7-5-10)17-14(18)12-3-2-11(15(19)20)8-13(12)16/h2-3,8-10H,4-7H2,1H3,(H,17,18)(H,19,20). The normalized spacial score (nSPS) is 17.2. The Kier molecular flexibility index (Phi) is 4.90. The highest BCUT2D eigenvalue weighted by Crippen LogP contribution is 2.19. The van der Waals surface area contributed by atoms with Gasteiger partial charge in [0.2, 0.25) is 0 Å². The summed E-state index contributed by atoms with van der Waals surface area (Å²) in [6, 6.07) is 3.20. The maximum Gasteiger partial charge on any atom is 0.335 e. The first-order valence-corrected chi connectivity index (χ1v) is 6.90. The Morgan fingerprint density at radius 3 is 2.62 bits per heavy atom. The Morgan fingerprint density at radius 2 is 2.05 bits per heavy atom. The van der Waals surface area contributed by atoms with Crippen molar-refractivity contribution >= 4 is 11.9 Å². The number of carboxylic acids is 1. The molecule has 0 saturated carbocycles. The smallest absolute Gasteiger partial charge is 0.335 e. The maximum absolute atomic E-state index is 13.8. The fourth-order valence-corrected chi connectivity index (χ4v) is 2.45. The lowest BCUT2D eigenvalue weighted by Gasteiger charge is -2.28. The molecule has 5 nitrogen and oxygen atoms in total. The highest BCUT2D eigenvalue weighted by Gasteiger charge is 2.23. The molecule has 1 aromatic rings. The van der Waals surface area contributed by atoms with Crippen molar-refractivity contribution in [2.75, 3.05) is 13.2 Å². The van der Waals surface area contributed by atoms with Gasteiger partial charge in [-0.2, -0.15) is 0 Å². The van der Waals surface area contributed by atoms with Gasteiger partial charge in [0.1, 0.15) is 5.82 Å². The molecule has 1 fully saturated rings. The van der Waals surface area contributed by atoms with E-state index in [4.69, 9.17) is 9.84 Å². The van der Waals surface area contributed by atoms with E-state index >= 15 is 0 Å². The van der Waals surface area contributed by atoms with Gasteiger partial charge in [0.05, 0.1) is 11.1 Å². The monoisotopic (exact) mass is 295 g/mol. The summed E-state index contributed by atoms with van der Waals surface area (Å²) in [6.45, 7) is 3.23. The SMILES string of the molecule is CC(NC(=O)c1ccc(C(=O)O)cc1F)C1CCOCC1. The number of halogens is 1. The van der Waals surface area contributed by atoms with E-state index < -0.39 is 17.7 Å². The molecule has 114 valence electrons. The molecule has 2 rings (SSSR count). The number of hydrogen-bond donors (Lipinski definition) is 2. The zero-order valence-corrected chi connectivity index (χ0v) is 11.8. The number of benzene rings is 1. The van der Waals surface area contributed by atoms with Gasteiger partial charge in [-0.25, -0.2) is 9.18 Å². The zero-order chi connectivity index (χ0) is 15.4. The predicted molar refractivity (Wildman–Crippen MR) is 73.8 cm³/mol. The van der Waals surface area contributed by atoms with Crippen LogP contribution in [0.3, 0.4) is 0 Å². The first-order chi connectivity index (χ1) is 9.99. The number of carbonyl (C=O) groups excluding carboxylic acids is 1. The third kappa shape index (κ3) is 3.78. The van der Waals surface area contributed by atoms with Crippen LogP contribution in [0.2, 0.25) is 0 Å². The molecule has 1 aliphatic heterocycles. The number of amides is 1. The van der Waals surface area contributed by atoms with Crippen molar-refractivity contribution in [2.24, 2.45) is 5.92 Å². The number of aromatic carboxylic acids is 1. The Bertz CT molecular complexity index is 540. The minimum atomic E-state index is -1.23. The van der Waals surface area contributed by atoms with Crippen LogP contribution in [0.1, 0.15) is 40.5 Å². The van der Waals surface area contributed by atoms with E-state index in [0.29, 0.717) is 19.1 Å². The number of carbonyl (C=O) groups is 2. The third-order valence-electron chi connectivity index (χ3n) is 3.79. The first-order valence-electron chi connectivity index (χ1n) is 6.90. The van der Waals surface area contributed by atoms with Crippen LogP contribution in [0.15, 0.2) is 18.2 Å². The summed E-state index contributed by atoms with van der Waals surface area (Å²) in [6.07, 6.45) is 1.73. The topological polar surface area (TPSA) is 75.6 Å². The Morgan fingerprint density at radius 1 is 1.38 bits per heavy atom.